The zero-order chi connectivity index (χ0) is 14.5. The van der Waals surface area contributed by atoms with E-state index >= 15 is 0 Å². The summed E-state index contributed by atoms with van der Waals surface area (Å²) in [5.74, 6) is -0.368. The minimum Gasteiger partial charge on any atom is -0.406 e. The van der Waals surface area contributed by atoms with Gasteiger partial charge in [-0.15, -0.1) is 13.2 Å². The average molecular weight is 380 g/mol. The molecule has 5 nitrogen and oxygen atoms in total. The second-order valence-electron chi connectivity index (χ2n) is 2.99. The van der Waals surface area contributed by atoms with E-state index in [0.29, 0.717) is 9.26 Å². The van der Waals surface area contributed by atoms with Crippen LogP contribution in [0.1, 0.15) is 0 Å². The first-order valence-corrected chi connectivity index (χ1v) is 5.63. The zero-order valence-corrected chi connectivity index (χ0v) is 11.2. The Kier molecular flexibility index (Phi) is 4.94. The van der Waals surface area contributed by atoms with Crippen LogP contribution in [0, 0.1) is 26.2 Å². The highest BCUT2D eigenvalue weighted by Gasteiger charge is 2.31. The summed E-state index contributed by atoms with van der Waals surface area (Å²) in [4.78, 5) is 0. The van der Waals surface area contributed by atoms with Crippen molar-refractivity contribution in [2.24, 2.45) is 5.10 Å². The van der Waals surface area contributed by atoms with E-state index in [4.69, 9.17) is 10.5 Å². The lowest BCUT2D eigenvalue weighted by Crippen LogP contribution is -2.17. The molecule has 0 aliphatic heterocycles. The second kappa shape index (κ2) is 6.24. The van der Waals surface area contributed by atoms with Gasteiger partial charge in [-0.1, -0.05) is 0 Å². The van der Waals surface area contributed by atoms with Gasteiger partial charge in [-0.25, -0.2) is 0 Å². The Hall–Kier alpha value is -2.01. The summed E-state index contributed by atoms with van der Waals surface area (Å²) in [6, 6.07) is 6.59. The maximum absolute atomic E-state index is 12.0. The fourth-order valence-electron chi connectivity index (χ4n) is 0.975. The Morgan fingerprint density at radius 3 is 2.42 bits per heavy atom. The zero-order valence-electron chi connectivity index (χ0n) is 8.99. The topological polar surface area (TPSA) is 81.2 Å². The minimum absolute atomic E-state index is 0.345. The number of hydrazone groups is 1. The van der Waals surface area contributed by atoms with E-state index in [0.717, 1.165) is 12.1 Å². The summed E-state index contributed by atoms with van der Waals surface area (Å²) in [6.45, 7) is 0. The van der Waals surface area contributed by atoms with Gasteiger partial charge >= 0.3 is 6.36 Å². The van der Waals surface area contributed by atoms with Crippen molar-refractivity contribution >= 4 is 34.0 Å². The molecule has 98 valence electrons. The van der Waals surface area contributed by atoms with Gasteiger partial charge in [0, 0.05) is 3.57 Å². The van der Waals surface area contributed by atoms with Crippen LogP contribution in [0.25, 0.3) is 0 Å². The average Bonchev–Trinajstić information content (AvgIpc) is 2.30. The third-order valence-corrected chi connectivity index (χ3v) is 2.57. The molecule has 9 heteroatoms. The molecule has 1 N–H and O–H groups in total. The molecule has 0 bridgehead atoms. The fraction of sp³-hybridized carbons (Fsp3) is 0.100. The maximum atomic E-state index is 12.0. The van der Waals surface area contributed by atoms with Crippen molar-refractivity contribution in [1.82, 2.24) is 0 Å². The monoisotopic (exact) mass is 380 g/mol. The summed E-state index contributed by atoms with van der Waals surface area (Å²) in [5.41, 5.74) is 2.35. The molecule has 0 aromatic heterocycles. The summed E-state index contributed by atoms with van der Waals surface area (Å²) in [7, 11) is 0. The number of alkyl halides is 3. The van der Waals surface area contributed by atoms with Gasteiger partial charge in [0.15, 0.2) is 0 Å². The van der Waals surface area contributed by atoms with Crippen LogP contribution >= 0.6 is 22.6 Å². The first-order valence-electron chi connectivity index (χ1n) is 4.55. The fourth-order valence-corrected chi connectivity index (χ4v) is 1.58. The summed E-state index contributed by atoms with van der Waals surface area (Å²) >= 11 is 1.76. The number of halogens is 4. The van der Waals surface area contributed by atoms with Crippen LogP contribution in [-0.2, 0) is 0 Å². The molecule has 0 heterocycles. The minimum atomic E-state index is -4.76. The predicted molar refractivity (Wildman–Crippen MR) is 68.1 cm³/mol. The Bertz CT molecular complexity index is 570. The molecule has 0 fully saturated rings. The molecule has 19 heavy (non-hydrogen) atoms. The molecule has 0 saturated heterocycles. The molecule has 0 spiro atoms. The van der Waals surface area contributed by atoms with Crippen molar-refractivity contribution in [3.8, 4) is 17.9 Å². The van der Waals surface area contributed by atoms with E-state index in [-0.39, 0.29) is 5.75 Å². The predicted octanol–water partition coefficient (Wildman–Crippen LogP) is 3.00. The standard InChI is InChI=1S/C10H4F3IN4O/c11-10(12,13)19-7-1-2-9(8(14)3-7)18-17-6(4-15)5-16/h1-3,18H. The van der Waals surface area contributed by atoms with E-state index in [1.165, 1.54) is 18.2 Å². The van der Waals surface area contributed by atoms with Crippen LogP contribution in [0.5, 0.6) is 5.75 Å². The first-order chi connectivity index (χ1) is 8.85. The van der Waals surface area contributed by atoms with Crippen LogP contribution in [0.15, 0.2) is 23.3 Å². The Morgan fingerprint density at radius 2 is 1.95 bits per heavy atom. The maximum Gasteiger partial charge on any atom is 0.573 e. The normalized spacial score (nSPS) is 10.0. The second-order valence-corrected chi connectivity index (χ2v) is 4.15. The van der Waals surface area contributed by atoms with E-state index in [9.17, 15) is 13.2 Å². The molecular weight excluding hydrogens is 376 g/mol. The summed E-state index contributed by atoms with van der Waals surface area (Å²) in [6.07, 6.45) is -4.76. The van der Waals surface area contributed by atoms with Gasteiger partial charge in [-0.3, -0.25) is 5.43 Å². The molecule has 1 aromatic carbocycles. The van der Waals surface area contributed by atoms with Crippen LogP contribution < -0.4 is 10.2 Å². The van der Waals surface area contributed by atoms with Gasteiger partial charge in [0.05, 0.1) is 5.69 Å². The number of rotatable bonds is 3. The van der Waals surface area contributed by atoms with Crippen LogP contribution in [0.3, 0.4) is 0 Å². The van der Waals surface area contributed by atoms with Gasteiger partial charge in [0.25, 0.3) is 0 Å². The summed E-state index contributed by atoms with van der Waals surface area (Å²) in [5, 5.41) is 20.4. The highest BCUT2D eigenvalue weighted by atomic mass is 127. The van der Waals surface area contributed by atoms with E-state index in [1.54, 1.807) is 22.6 Å². The van der Waals surface area contributed by atoms with Crippen molar-refractivity contribution < 1.29 is 17.9 Å². The number of nitrogens with one attached hydrogen (secondary N) is 1. The van der Waals surface area contributed by atoms with Crippen LogP contribution in [-0.4, -0.2) is 12.1 Å². The number of benzene rings is 1. The van der Waals surface area contributed by atoms with Gasteiger partial charge in [0.2, 0.25) is 5.71 Å². The third-order valence-electron chi connectivity index (χ3n) is 1.67. The van der Waals surface area contributed by atoms with Gasteiger partial charge in [0.1, 0.15) is 17.9 Å². The molecule has 0 saturated carbocycles. The highest BCUT2D eigenvalue weighted by molar-refractivity contribution is 14.1. The van der Waals surface area contributed by atoms with E-state index < -0.39 is 12.1 Å². The van der Waals surface area contributed by atoms with E-state index in [2.05, 4.69) is 15.3 Å². The third kappa shape index (κ3) is 5.01. The van der Waals surface area contributed by atoms with Crippen molar-refractivity contribution in [2.45, 2.75) is 6.36 Å². The number of ether oxygens (including phenoxy) is 1. The molecule has 0 aliphatic rings. The van der Waals surface area contributed by atoms with Crippen molar-refractivity contribution in [1.29, 1.82) is 10.5 Å². The van der Waals surface area contributed by atoms with Crippen molar-refractivity contribution in [2.75, 3.05) is 5.43 Å². The van der Waals surface area contributed by atoms with E-state index in [1.807, 2.05) is 0 Å². The number of anilines is 1. The Morgan fingerprint density at radius 1 is 1.32 bits per heavy atom. The van der Waals surface area contributed by atoms with Gasteiger partial charge in [-0.2, -0.15) is 15.6 Å². The molecule has 1 aromatic rings. The SMILES string of the molecule is N#CC(C#N)=NNc1ccc(OC(F)(F)F)cc1I. The van der Waals surface area contributed by atoms with Gasteiger partial charge in [-0.05, 0) is 40.8 Å². The smallest absolute Gasteiger partial charge is 0.406 e. The Balaban J connectivity index is 2.88. The molecule has 0 atom stereocenters. The molecule has 1 rings (SSSR count). The Labute approximate surface area is 119 Å². The first kappa shape index (κ1) is 15.0. The number of hydrogen-bond acceptors (Lipinski definition) is 5. The molecule has 0 amide bonds. The lowest BCUT2D eigenvalue weighted by atomic mass is 10.3. The largest absolute Gasteiger partial charge is 0.573 e. The molecule has 0 radical (unpaired) electrons. The number of nitrogens with zero attached hydrogens (tertiary/aromatic N) is 3. The highest BCUT2D eigenvalue weighted by Crippen LogP contribution is 2.28. The molecule has 0 aliphatic carbocycles. The van der Waals surface area contributed by atoms with Crippen LogP contribution in [0.4, 0.5) is 18.9 Å². The lowest BCUT2D eigenvalue weighted by molar-refractivity contribution is -0.274. The molecule has 0 unspecified atom stereocenters. The van der Waals surface area contributed by atoms with Crippen LogP contribution in [0.2, 0.25) is 0 Å². The lowest BCUT2D eigenvalue weighted by Gasteiger charge is -2.10. The quantitative estimate of drug-likeness (QED) is 0.497. The number of nitriles is 2. The summed E-state index contributed by atoms with van der Waals surface area (Å²) < 4.78 is 40.1. The molecular formula is C10H4F3IN4O. The van der Waals surface area contributed by atoms with Gasteiger partial charge < -0.3 is 4.74 Å². The van der Waals surface area contributed by atoms with Crippen molar-refractivity contribution in [3.05, 3.63) is 21.8 Å². The number of hydrogen-bond donors (Lipinski definition) is 1. The van der Waals surface area contributed by atoms with Crippen molar-refractivity contribution in [3.63, 3.8) is 0 Å².